The highest BCUT2D eigenvalue weighted by Gasteiger charge is 2.12. The maximum absolute atomic E-state index is 12.3. The zero-order valence-electron chi connectivity index (χ0n) is 16.9. The van der Waals surface area contributed by atoms with E-state index < -0.39 is 0 Å². The smallest absolute Gasteiger partial charge is 0.271 e. The molecule has 0 bridgehead atoms. The standard InChI is InChI=1S/C24H21N5O2/c1-31-22-13-9-17(10-14-22)23-19(16-29(28-23)21-5-3-2-4-6-21)15-26-27-24(30)18-7-11-20(25)12-8-18/h2-16H,25H2,1H3,(H,27,30). The zero-order chi connectivity index (χ0) is 21.6. The molecule has 31 heavy (non-hydrogen) atoms. The molecule has 1 aromatic heterocycles. The van der Waals surface area contributed by atoms with Gasteiger partial charge in [0.15, 0.2) is 0 Å². The summed E-state index contributed by atoms with van der Waals surface area (Å²) in [5.74, 6) is 0.440. The third kappa shape index (κ3) is 4.62. The summed E-state index contributed by atoms with van der Waals surface area (Å²) in [6, 6.07) is 24.0. The highest BCUT2D eigenvalue weighted by molar-refractivity contribution is 5.96. The number of nitrogens with one attached hydrogen (secondary N) is 1. The number of carbonyl (C=O) groups excluding carboxylic acids is 1. The van der Waals surface area contributed by atoms with Crippen molar-refractivity contribution in [2.24, 2.45) is 5.10 Å². The Balaban J connectivity index is 1.63. The Bertz CT molecular complexity index is 1200. The van der Waals surface area contributed by atoms with Crippen molar-refractivity contribution in [3.8, 4) is 22.7 Å². The van der Waals surface area contributed by atoms with Crippen molar-refractivity contribution in [2.45, 2.75) is 0 Å². The van der Waals surface area contributed by atoms with Crippen LogP contribution < -0.4 is 15.9 Å². The summed E-state index contributed by atoms with van der Waals surface area (Å²) in [5.41, 5.74) is 12.6. The molecule has 3 aromatic carbocycles. The monoisotopic (exact) mass is 411 g/mol. The lowest BCUT2D eigenvalue weighted by Gasteiger charge is -2.03. The lowest BCUT2D eigenvalue weighted by atomic mass is 10.1. The normalized spacial score (nSPS) is 10.9. The summed E-state index contributed by atoms with van der Waals surface area (Å²) in [6.07, 6.45) is 3.45. The summed E-state index contributed by atoms with van der Waals surface area (Å²) in [7, 11) is 1.63. The first-order valence-corrected chi connectivity index (χ1v) is 9.62. The number of rotatable bonds is 6. The molecule has 0 saturated heterocycles. The van der Waals surface area contributed by atoms with Crippen LogP contribution in [0.5, 0.6) is 5.75 Å². The number of carbonyl (C=O) groups is 1. The highest BCUT2D eigenvalue weighted by Crippen LogP contribution is 2.25. The number of amides is 1. The highest BCUT2D eigenvalue weighted by atomic mass is 16.5. The predicted octanol–water partition coefficient (Wildman–Crippen LogP) is 3.89. The van der Waals surface area contributed by atoms with E-state index in [1.54, 1.807) is 42.3 Å². The van der Waals surface area contributed by atoms with Crippen LogP contribution >= 0.6 is 0 Å². The molecule has 1 heterocycles. The van der Waals surface area contributed by atoms with Crippen molar-refractivity contribution in [1.82, 2.24) is 15.2 Å². The van der Waals surface area contributed by atoms with E-state index in [-0.39, 0.29) is 5.91 Å². The Morgan fingerprint density at radius 2 is 1.74 bits per heavy atom. The Hall–Kier alpha value is -4.39. The van der Waals surface area contributed by atoms with Crippen LogP contribution in [0.15, 0.2) is 90.2 Å². The van der Waals surface area contributed by atoms with Gasteiger partial charge in [0.2, 0.25) is 0 Å². The van der Waals surface area contributed by atoms with E-state index >= 15 is 0 Å². The quantitative estimate of drug-likeness (QED) is 0.286. The van der Waals surface area contributed by atoms with E-state index in [1.807, 2.05) is 60.8 Å². The van der Waals surface area contributed by atoms with E-state index in [4.69, 9.17) is 15.6 Å². The van der Waals surface area contributed by atoms with Crippen LogP contribution in [0.1, 0.15) is 15.9 Å². The maximum Gasteiger partial charge on any atom is 0.271 e. The number of nitrogens with zero attached hydrogens (tertiary/aromatic N) is 3. The second-order valence-corrected chi connectivity index (χ2v) is 6.76. The maximum atomic E-state index is 12.3. The van der Waals surface area contributed by atoms with Crippen LogP contribution in [0, 0.1) is 0 Å². The van der Waals surface area contributed by atoms with Crippen LogP contribution in [-0.2, 0) is 0 Å². The van der Waals surface area contributed by atoms with Crippen LogP contribution in [0.3, 0.4) is 0 Å². The fourth-order valence-electron chi connectivity index (χ4n) is 3.03. The van der Waals surface area contributed by atoms with Crippen molar-refractivity contribution in [3.05, 3.63) is 96.2 Å². The van der Waals surface area contributed by atoms with Crippen LogP contribution in [0.4, 0.5) is 5.69 Å². The third-order valence-corrected chi connectivity index (χ3v) is 4.67. The molecule has 154 valence electrons. The molecule has 0 atom stereocenters. The molecule has 4 aromatic rings. The summed E-state index contributed by atoms with van der Waals surface area (Å²) in [4.78, 5) is 12.3. The first kappa shape index (κ1) is 19.9. The fraction of sp³-hybridized carbons (Fsp3) is 0.0417. The number of para-hydroxylation sites is 1. The van der Waals surface area contributed by atoms with Crippen molar-refractivity contribution in [3.63, 3.8) is 0 Å². The van der Waals surface area contributed by atoms with Gasteiger partial charge in [0.05, 0.1) is 19.0 Å². The summed E-state index contributed by atoms with van der Waals surface area (Å²) in [5, 5.41) is 8.86. The number of nitrogen functional groups attached to an aromatic ring is 1. The number of nitrogens with two attached hydrogens (primary N) is 1. The number of benzene rings is 3. The fourth-order valence-corrected chi connectivity index (χ4v) is 3.03. The Morgan fingerprint density at radius 3 is 2.42 bits per heavy atom. The van der Waals surface area contributed by atoms with E-state index in [2.05, 4.69) is 10.5 Å². The molecule has 7 nitrogen and oxygen atoms in total. The van der Waals surface area contributed by atoms with Crippen LogP contribution in [0.2, 0.25) is 0 Å². The molecule has 0 spiro atoms. The Labute approximate surface area is 179 Å². The Kier molecular flexibility index (Phi) is 5.75. The molecule has 0 aliphatic carbocycles. The lowest BCUT2D eigenvalue weighted by Crippen LogP contribution is -2.17. The van der Waals surface area contributed by atoms with Gasteiger partial charge in [-0.3, -0.25) is 4.79 Å². The van der Waals surface area contributed by atoms with E-state index in [0.717, 1.165) is 28.3 Å². The lowest BCUT2D eigenvalue weighted by molar-refractivity contribution is 0.0955. The minimum atomic E-state index is -0.322. The first-order valence-electron chi connectivity index (χ1n) is 9.62. The molecule has 0 saturated carbocycles. The van der Waals surface area contributed by atoms with E-state index in [1.165, 1.54) is 0 Å². The van der Waals surface area contributed by atoms with Gasteiger partial charge in [-0.2, -0.15) is 10.2 Å². The summed E-state index contributed by atoms with van der Waals surface area (Å²) < 4.78 is 7.02. The molecule has 0 aliphatic heterocycles. The number of anilines is 1. The number of hydrogen-bond acceptors (Lipinski definition) is 5. The SMILES string of the molecule is COc1ccc(-c2nn(-c3ccccc3)cc2C=NNC(=O)c2ccc(N)cc2)cc1. The van der Waals surface area contributed by atoms with Gasteiger partial charge in [-0.05, 0) is 60.7 Å². The minimum absolute atomic E-state index is 0.322. The predicted molar refractivity (Wildman–Crippen MR) is 121 cm³/mol. The van der Waals surface area contributed by atoms with Gasteiger partial charge in [-0.25, -0.2) is 10.1 Å². The largest absolute Gasteiger partial charge is 0.497 e. The van der Waals surface area contributed by atoms with Crippen molar-refractivity contribution >= 4 is 17.8 Å². The second-order valence-electron chi connectivity index (χ2n) is 6.76. The summed E-state index contributed by atoms with van der Waals surface area (Å²) >= 11 is 0. The van der Waals surface area contributed by atoms with Crippen molar-refractivity contribution in [1.29, 1.82) is 0 Å². The van der Waals surface area contributed by atoms with Crippen LogP contribution in [0.25, 0.3) is 16.9 Å². The molecule has 1 amide bonds. The molecule has 0 radical (unpaired) electrons. The average molecular weight is 411 g/mol. The zero-order valence-corrected chi connectivity index (χ0v) is 16.9. The van der Waals surface area contributed by atoms with Gasteiger partial charge in [-0.15, -0.1) is 0 Å². The average Bonchev–Trinajstić information content (AvgIpc) is 3.24. The Morgan fingerprint density at radius 1 is 1.03 bits per heavy atom. The molecule has 3 N–H and O–H groups in total. The van der Waals surface area contributed by atoms with Crippen molar-refractivity contribution in [2.75, 3.05) is 12.8 Å². The number of hydrazone groups is 1. The molecule has 7 heteroatoms. The minimum Gasteiger partial charge on any atom is -0.497 e. The second kappa shape index (κ2) is 8.96. The van der Waals surface area contributed by atoms with Crippen LogP contribution in [-0.4, -0.2) is 29.0 Å². The molecule has 4 rings (SSSR count). The molecule has 0 fully saturated rings. The topological polar surface area (TPSA) is 94.5 Å². The molecule has 0 unspecified atom stereocenters. The van der Waals surface area contributed by atoms with E-state index in [0.29, 0.717) is 11.3 Å². The summed E-state index contributed by atoms with van der Waals surface area (Å²) in [6.45, 7) is 0. The first-order chi connectivity index (χ1) is 15.1. The number of ether oxygens (including phenoxy) is 1. The molecular weight excluding hydrogens is 390 g/mol. The van der Waals surface area contributed by atoms with Gasteiger partial charge in [0.1, 0.15) is 11.4 Å². The number of aromatic nitrogens is 2. The molecular formula is C24H21N5O2. The van der Waals surface area contributed by atoms with Gasteiger partial charge in [0, 0.05) is 28.6 Å². The number of hydrogen-bond donors (Lipinski definition) is 2. The molecule has 0 aliphatic rings. The van der Waals surface area contributed by atoms with E-state index in [9.17, 15) is 4.79 Å². The third-order valence-electron chi connectivity index (χ3n) is 4.67. The number of methoxy groups -OCH3 is 1. The van der Waals surface area contributed by atoms with Gasteiger partial charge in [0.25, 0.3) is 5.91 Å². The van der Waals surface area contributed by atoms with Gasteiger partial charge < -0.3 is 10.5 Å². The van der Waals surface area contributed by atoms with Gasteiger partial charge >= 0.3 is 0 Å². The van der Waals surface area contributed by atoms with Crippen molar-refractivity contribution < 1.29 is 9.53 Å². The van der Waals surface area contributed by atoms with Gasteiger partial charge in [-0.1, -0.05) is 18.2 Å².